The van der Waals surface area contributed by atoms with Crippen LogP contribution in [-0.2, 0) is 0 Å². The van der Waals surface area contributed by atoms with Crippen molar-refractivity contribution in [1.82, 2.24) is 10.2 Å². The highest BCUT2D eigenvalue weighted by Gasteiger charge is 2.17. The van der Waals surface area contributed by atoms with Crippen LogP contribution in [0, 0.1) is 5.92 Å². The number of likely N-dealkylation sites (tertiary alicyclic amines) is 1. The maximum atomic E-state index is 3.52. The van der Waals surface area contributed by atoms with Crippen LogP contribution in [0.25, 0.3) is 0 Å². The molecular weight excluding hydrogens is 184 g/mol. The van der Waals surface area contributed by atoms with Crippen molar-refractivity contribution in [3.8, 4) is 0 Å². The third kappa shape index (κ3) is 4.98. The second kappa shape index (κ2) is 7.24. The molecule has 1 N–H and O–H groups in total. The first-order valence-electron chi connectivity index (χ1n) is 6.68. The molecule has 2 unspecified atom stereocenters. The smallest absolute Gasteiger partial charge is 0.0192 e. The number of rotatable bonds is 5. The van der Waals surface area contributed by atoms with Crippen LogP contribution in [0.4, 0.5) is 0 Å². The Hall–Kier alpha value is -0.0800. The summed E-state index contributed by atoms with van der Waals surface area (Å²) in [6, 6.07) is 0.710. The van der Waals surface area contributed by atoms with Gasteiger partial charge in [0.25, 0.3) is 0 Å². The maximum Gasteiger partial charge on any atom is 0.0192 e. The molecule has 2 atom stereocenters. The lowest BCUT2D eigenvalue weighted by Crippen LogP contribution is -2.41. The van der Waals surface area contributed by atoms with Crippen LogP contribution >= 0.6 is 0 Å². The Morgan fingerprint density at radius 3 is 2.87 bits per heavy atom. The molecule has 15 heavy (non-hydrogen) atoms. The first-order valence-corrected chi connectivity index (χ1v) is 6.68. The van der Waals surface area contributed by atoms with Gasteiger partial charge in [-0.05, 0) is 58.2 Å². The lowest BCUT2D eigenvalue weighted by Gasteiger charge is -2.27. The summed E-state index contributed by atoms with van der Waals surface area (Å²) in [6.07, 6.45) is 5.44. The lowest BCUT2D eigenvalue weighted by atomic mass is 10.0. The van der Waals surface area contributed by atoms with E-state index in [1.54, 1.807) is 0 Å². The molecule has 2 nitrogen and oxygen atoms in total. The fraction of sp³-hybridized carbons (Fsp3) is 1.00. The highest BCUT2D eigenvalue weighted by molar-refractivity contribution is 4.74. The normalized spacial score (nSPS) is 26.2. The van der Waals surface area contributed by atoms with E-state index in [1.807, 2.05) is 0 Å². The van der Waals surface area contributed by atoms with E-state index < -0.39 is 0 Å². The number of hydrogen-bond donors (Lipinski definition) is 1. The fourth-order valence-electron chi connectivity index (χ4n) is 2.34. The molecule has 0 amide bonds. The minimum absolute atomic E-state index is 0.710. The zero-order valence-electron chi connectivity index (χ0n) is 10.8. The molecule has 0 saturated carbocycles. The van der Waals surface area contributed by atoms with E-state index in [-0.39, 0.29) is 0 Å². The van der Waals surface area contributed by atoms with Gasteiger partial charge in [-0.3, -0.25) is 4.90 Å². The Morgan fingerprint density at radius 1 is 1.33 bits per heavy atom. The van der Waals surface area contributed by atoms with Crippen molar-refractivity contribution >= 4 is 0 Å². The number of nitrogens with one attached hydrogen (secondary N) is 1. The van der Waals surface area contributed by atoms with Crippen molar-refractivity contribution < 1.29 is 0 Å². The summed E-state index contributed by atoms with van der Waals surface area (Å²) in [7, 11) is 0. The maximum absolute atomic E-state index is 3.52. The minimum atomic E-state index is 0.710. The largest absolute Gasteiger partial charge is 0.315 e. The zero-order valence-corrected chi connectivity index (χ0v) is 10.8. The van der Waals surface area contributed by atoms with E-state index in [0.717, 1.165) is 19.0 Å². The molecule has 0 spiro atoms. The van der Waals surface area contributed by atoms with E-state index in [4.69, 9.17) is 0 Å². The molecule has 2 heteroatoms. The summed E-state index contributed by atoms with van der Waals surface area (Å²) in [6.45, 7) is 11.9. The van der Waals surface area contributed by atoms with Crippen molar-refractivity contribution in [1.29, 1.82) is 0 Å². The molecule has 0 radical (unpaired) electrons. The SMILES string of the molecule is CCCNCC(C)N1CCCC(C)CC1. The van der Waals surface area contributed by atoms with Gasteiger partial charge in [-0.1, -0.05) is 13.8 Å². The second-order valence-corrected chi connectivity index (χ2v) is 5.13. The van der Waals surface area contributed by atoms with Gasteiger partial charge < -0.3 is 5.32 Å². The lowest BCUT2D eigenvalue weighted by molar-refractivity contribution is 0.210. The Morgan fingerprint density at radius 2 is 2.13 bits per heavy atom. The predicted molar refractivity (Wildman–Crippen MR) is 67.2 cm³/mol. The van der Waals surface area contributed by atoms with Gasteiger partial charge >= 0.3 is 0 Å². The van der Waals surface area contributed by atoms with Crippen LogP contribution < -0.4 is 5.32 Å². The first-order chi connectivity index (χ1) is 7.24. The van der Waals surface area contributed by atoms with Gasteiger partial charge in [0.05, 0.1) is 0 Å². The van der Waals surface area contributed by atoms with Crippen molar-refractivity contribution in [2.75, 3.05) is 26.2 Å². The van der Waals surface area contributed by atoms with Gasteiger partial charge in [-0.25, -0.2) is 0 Å². The molecule has 0 aromatic heterocycles. The van der Waals surface area contributed by atoms with Crippen molar-refractivity contribution in [3.05, 3.63) is 0 Å². The average molecular weight is 212 g/mol. The Bertz CT molecular complexity index is 159. The van der Waals surface area contributed by atoms with Crippen LogP contribution in [-0.4, -0.2) is 37.1 Å². The molecule has 1 aliphatic heterocycles. The fourth-order valence-corrected chi connectivity index (χ4v) is 2.34. The number of hydrogen-bond acceptors (Lipinski definition) is 2. The summed E-state index contributed by atoms with van der Waals surface area (Å²) < 4.78 is 0. The average Bonchev–Trinajstić information content (AvgIpc) is 2.43. The Kier molecular flexibility index (Phi) is 6.26. The van der Waals surface area contributed by atoms with E-state index in [2.05, 4.69) is 31.0 Å². The van der Waals surface area contributed by atoms with Gasteiger partial charge in [0, 0.05) is 12.6 Å². The monoisotopic (exact) mass is 212 g/mol. The summed E-state index contributed by atoms with van der Waals surface area (Å²) in [4.78, 5) is 2.66. The van der Waals surface area contributed by atoms with Gasteiger partial charge in [0.15, 0.2) is 0 Å². The van der Waals surface area contributed by atoms with Crippen molar-refractivity contribution in [2.45, 2.75) is 52.5 Å². The van der Waals surface area contributed by atoms with E-state index >= 15 is 0 Å². The van der Waals surface area contributed by atoms with Crippen LogP contribution in [0.15, 0.2) is 0 Å². The van der Waals surface area contributed by atoms with Crippen molar-refractivity contribution in [3.63, 3.8) is 0 Å². The molecule has 90 valence electrons. The molecule has 1 heterocycles. The first kappa shape index (κ1) is 13.0. The topological polar surface area (TPSA) is 15.3 Å². The Balaban J connectivity index is 2.22. The predicted octanol–water partition coefficient (Wildman–Crippen LogP) is 2.50. The Labute approximate surface area is 95.4 Å². The molecular formula is C13H28N2. The summed E-state index contributed by atoms with van der Waals surface area (Å²) in [5.41, 5.74) is 0. The summed E-state index contributed by atoms with van der Waals surface area (Å²) in [5, 5.41) is 3.52. The van der Waals surface area contributed by atoms with Crippen LogP contribution in [0.5, 0.6) is 0 Å². The summed E-state index contributed by atoms with van der Waals surface area (Å²) in [5.74, 6) is 0.936. The third-order valence-corrected chi connectivity index (χ3v) is 3.54. The molecule has 1 aliphatic rings. The molecule has 1 rings (SSSR count). The van der Waals surface area contributed by atoms with Crippen LogP contribution in [0.1, 0.15) is 46.5 Å². The van der Waals surface area contributed by atoms with Gasteiger partial charge in [-0.15, -0.1) is 0 Å². The van der Waals surface area contributed by atoms with Crippen molar-refractivity contribution in [2.24, 2.45) is 5.92 Å². The molecule has 1 saturated heterocycles. The molecule has 1 fully saturated rings. The van der Waals surface area contributed by atoms with E-state index in [1.165, 1.54) is 38.8 Å². The summed E-state index contributed by atoms with van der Waals surface area (Å²) >= 11 is 0. The highest BCUT2D eigenvalue weighted by atomic mass is 15.2. The zero-order chi connectivity index (χ0) is 11.1. The standard InChI is InChI=1S/C13H28N2/c1-4-8-14-11-13(3)15-9-5-6-12(2)7-10-15/h12-14H,4-11H2,1-3H3. The molecule has 0 aliphatic carbocycles. The number of nitrogens with zero attached hydrogens (tertiary/aromatic N) is 1. The van der Waals surface area contributed by atoms with E-state index in [0.29, 0.717) is 6.04 Å². The van der Waals surface area contributed by atoms with Gasteiger partial charge in [0.2, 0.25) is 0 Å². The quantitative estimate of drug-likeness (QED) is 0.704. The minimum Gasteiger partial charge on any atom is -0.315 e. The molecule has 0 aromatic rings. The molecule has 0 bridgehead atoms. The van der Waals surface area contributed by atoms with Crippen LogP contribution in [0.2, 0.25) is 0 Å². The van der Waals surface area contributed by atoms with E-state index in [9.17, 15) is 0 Å². The highest BCUT2D eigenvalue weighted by Crippen LogP contribution is 2.17. The van der Waals surface area contributed by atoms with Crippen LogP contribution in [0.3, 0.4) is 0 Å². The third-order valence-electron chi connectivity index (χ3n) is 3.54. The second-order valence-electron chi connectivity index (χ2n) is 5.13. The van der Waals surface area contributed by atoms with Gasteiger partial charge in [-0.2, -0.15) is 0 Å². The molecule has 0 aromatic carbocycles. The van der Waals surface area contributed by atoms with Gasteiger partial charge in [0.1, 0.15) is 0 Å².